The number of carbonyl (C=O) groups is 2. The van der Waals surface area contributed by atoms with Gasteiger partial charge in [0.2, 0.25) is 0 Å². The van der Waals surface area contributed by atoms with Gasteiger partial charge in [0.1, 0.15) is 11.4 Å². The molecule has 0 aromatic heterocycles. The number of carbonyl (C=O) groups excluding carboxylic acids is 2. The summed E-state index contributed by atoms with van der Waals surface area (Å²) in [4.78, 5) is 22.9. The maximum atomic E-state index is 11.6. The predicted octanol–water partition coefficient (Wildman–Crippen LogP) is 2.10. The Morgan fingerprint density at radius 3 is 2.50 bits per heavy atom. The molecule has 1 aromatic rings. The highest BCUT2D eigenvalue weighted by atomic mass is 79.9. The maximum absolute atomic E-state index is 11.6. The summed E-state index contributed by atoms with van der Waals surface area (Å²) in [6.07, 6.45) is 0.950. The molecule has 7 heteroatoms. The zero-order valence-corrected chi connectivity index (χ0v) is 12.8. The summed E-state index contributed by atoms with van der Waals surface area (Å²) in [5.41, 5.74) is 0.820. The fraction of sp³-hybridized carbons (Fsp3) is 0.231. The van der Waals surface area contributed by atoms with Crippen molar-refractivity contribution in [1.82, 2.24) is 0 Å². The highest BCUT2D eigenvalue weighted by Crippen LogP contribution is 2.33. The maximum Gasteiger partial charge on any atom is 0.354 e. The molecule has 6 nitrogen and oxygen atoms in total. The molecule has 20 heavy (non-hydrogen) atoms. The Bertz CT molecular complexity index is 568. The summed E-state index contributed by atoms with van der Waals surface area (Å²) in [7, 11) is 2.37. The number of hydrogen-bond acceptors (Lipinski definition) is 6. The van der Waals surface area contributed by atoms with Crippen LogP contribution in [0.1, 0.15) is 5.56 Å². The minimum atomic E-state index is -0.755. The molecule has 0 aliphatic rings. The Morgan fingerprint density at radius 2 is 1.95 bits per heavy atom. The highest BCUT2D eigenvalue weighted by molar-refractivity contribution is 9.10. The zero-order valence-electron chi connectivity index (χ0n) is 11.2. The van der Waals surface area contributed by atoms with E-state index >= 15 is 0 Å². The van der Waals surface area contributed by atoms with Gasteiger partial charge >= 0.3 is 11.9 Å². The number of benzene rings is 1. The molecule has 0 unspecified atom stereocenters. The van der Waals surface area contributed by atoms with Crippen LogP contribution in [0, 0.1) is 6.92 Å². The Morgan fingerprint density at radius 1 is 1.30 bits per heavy atom. The largest absolute Gasteiger partial charge is 0.506 e. The van der Waals surface area contributed by atoms with E-state index in [1.807, 2.05) is 0 Å². The molecule has 0 saturated carbocycles. The van der Waals surface area contributed by atoms with Gasteiger partial charge in [-0.2, -0.15) is 0 Å². The molecule has 0 radical (unpaired) electrons. The van der Waals surface area contributed by atoms with Crippen LogP contribution in [0.15, 0.2) is 28.4 Å². The first-order chi connectivity index (χ1) is 9.40. The number of rotatable bonds is 4. The predicted molar refractivity (Wildman–Crippen MR) is 76.3 cm³/mol. The van der Waals surface area contributed by atoms with Gasteiger partial charge in [0, 0.05) is 4.47 Å². The van der Waals surface area contributed by atoms with Crippen LogP contribution in [0.5, 0.6) is 5.75 Å². The number of nitrogens with one attached hydrogen (secondary N) is 1. The SMILES string of the molecule is COC(=O)/C=C(/Nc1c(O)ccc(Br)c1C)C(=O)OC. The molecule has 0 aliphatic carbocycles. The van der Waals surface area contributed by atoms with Crippen LogP contribution in [0.2, 0.25) is 0 Å². The number of anilines is 1. The first-order valence-electron chi connectivity index (χ1n) is 5.53. The van der Waals surface area contributed by atoms with Gasteiger partial charge in [-0.3, -0.25) is 0 Å². The Labute approximate surface area is 124 Å². The molecule has 0 fully saturated rings. The van der Waals surface area contributed by atoms with Crippen LogP contribution in [0.25, 0.3) is 0 Å². The Hall–Kier alpha value is -2.02. The van der Waals surface area contributed by atoms with Crippen molar-refractivity contribution in [2.24, 2.45) is 0 Å². The van der Waals surface area contributed by atoms with E-state index in [-0.39, 0.29) is 11.4 Å². The average Bonchev–Trinajstić information content (AvgIpc) is 2.45. The van der Waals surface area contributed by atoms with E-state index in [0.717, 1.165) is 10.5 Å². The van der Waals surface area contributed by atoms with Crippen LogP contribution < -0.4 is 5.32 Å². The van der Waals surface area contributed by atoms with Gasteiger partial charge in [0.25, 0.3) is 0 Å². The lowest BCUT2D eigenvalue weighted by atomic mass is 10.1. The third-order valence-electron chi connectivity index (χ3n) is 2.51. The van der Waals surface area contributed by atoms with Crippen molar-refractivity contribution < 1.29 is 24.2 Å². The number of aromatic hydroxyl groups is 1. The van der Waals surface area contributed by atoms with Crippen LogP contribution >= 0.6 is 15.9 Å². The third kappa shape index (κ3) is 3.74. The normalized spacial score (nSPS) is 10.9. The molecule has 0 spiro atoms. The fourth-order valence-corrected chi connectivity index (χ4v) is 1.73. The van der Waals surface area contributed by atoms with Crippen molar-refractivity contribution in [2.45, 2.75) is 6.92 Å². The zero-order chi connectivity index (χ0) is 15.3. The Balaban J connectivity index is 3.21. The number of halogens is 1. The van der Waals surface area contributed by atoms with E-state index in [1.165, 1.54) is 20.3 Å². The van der Waals surface area contributed by atoms with Crippen molar-refractivity contribution in [2.75, 3.05) is 19.5 Å². The Kier molecular flexibility index (Phi) is 5.57. The second-order valence-corrected chi connectivity index (χ2v) is 4.62. The van der Waals surface area contributed by atoms with Gasteiger partial charge in [-0.25, -0.2) is 9.59 Å². The van der Waals surface area contributed by atoms with Crippen molar-refractivity contribution in [3.05, 3.63) is 33.9 Å². The molecule has 2 N–H and O–H groups in total. The van der Waals surface area contributed by atoms with Crippen LogP contribution in [0.3, 0.4) is 0 Å². The monoisotopic (exact) mass is 343 g/mol. The van der Waals surface area contributed by atoms with Gasteiger partial charge in [-0.1, -0.05) is 15.9 Å². The summed E-state index contributed by atoms with van der Waals surface area (Å²) in [6, 6.07) is 3.12. The van der Waals surface area contributed by atoms with E-state index in [1.54, 1.807) is 13.0 Å². The average molecular weight is 344 g/mol. The van der Waals surface area contributed by atoms with Gasteiger partial charge < -0.3 is 19.9 Å². The van der Waals surface area contributed by atoms with Crippen molar-refractivity contribution in [3.8, 4) is 5.75 Å². The molecule has 1 aromatic carbocycles. The molecule has 0 aliphatic heterocycles. The van der Waals surface area contributed by atoms with Gasteiger partial charge in [-0.15, -0.1) is 0 Å². The molecular formula is C13H14BrNO5. The molecule has 108 valence electrons. The second-order valence-electron chi connectivity index (χ2n) is 3.76. The van der Waals surface area contributed by atoms with Crippen LogP contribution in [-0.4, -0.2) is 31.3 Å². The number of methoxy groups -OCH3 is 2. The van der Waals surface area contributed by atoms with E-state index in [0.29, 0.717) is 11.3 Å². The number of hydrogen-bond donors (Lipinski definition) is 2. The lowest BCUT2D eigenvalue weighted by Gasteiger charge is -2.14. The summed E-state index contributed by atoms with van der Waals surface area (Å²) in [5.74, 6) is -1.54. The number of phenols is 1. The quantitative estimate of drug-likeness (QED) is 0.494. The van der Waals surface area contributed by atoms with Crippen molar-refractivity contribution in [3.63, 3.8) is 0 Å². The minimum Gasteiger partial charge on any atom is -0.506 e. The first kappa shape index (κ1) is 16.0. The van der Waals surface area contributed by atoms with E-state index in [4.69, 9.17) is 0 Å². The molecule has 0 saturated heterocycles. The summed E-state index contributed by atoms with van der Waals surface area (Å²) in [6.45, 7) is 1.74. The second kappa shape index (κ2) is 6.95. The van der Waals surface area contributed by atoms with Gasteiger partial charge in [0.05, 0.1) is 26.0 Å². The molecular weight excluding hydrogens is 330 g/mol. The fourth-order valence-electron chi connectivity index (χ4n) is 1.40. The topological polar surface area (TPSA) is 84.9 Å². The third-order valence-corrected chi connectivity index (χ3v) is 3.36. The van der Waals surface area contributed by atoms with Gasteiger partial charge in [-0.05, 0) is 24.6 Å². The number of phenolic OH excluding ortho intramolecular Hbond substituents is 1. The molecule has 0 heterocycles. The molecule has 0 bridgehead atoms. The lowest BCUT2D eigenvalue weighted by molar-refractivity contribution is -0.138. The van der Waals surface area contributed by atoms with Crippen LogP contribution in [-0.2, 0) is 19.1 Å². The summed E-state index contributed by atoms with van der Waals surface area (Å²) < 4.78 is 9.77. The van der Waals surface area contributed by atoms with Crippen LogP contribution in [0.4, 0.5) is 5.69 Å². The standard InChI is InChI=1S/C13H14BrNO5/c1-7-8(14)4-5-10(16)12(7)15-9(13(18)20-3)6-11(17)19-2/h4-6,15-16H,1-3H3/b9-6+. The van der Waals surface area contributed by atoms with E-state index in [2.05, 4.69) is 30.7 Å². The number of ether oxygens (including phenoxy) is 2. The van der Waals surface area contributed by atoms with Gasteiger partial charge in [0.15, 0.2) is 0 Å². The first-order valence-corrected chi connectivity index (χ1v) is 6.33. The molecule has 0 amide bonds. The minimum absolute atomic E-state index is 0.0645. The molecule has 0 atom stereocenters. The van der Waals surface area contributed by atoms with Crippen molar-refractivity contribution in [1.29, 1.82) is 0 Å². The molecule has 1 rings (SSSR count). The van der Waals surface area contributed by atoms with Crippen molar-refractivity contribution >= 4 is 33.6 Å². The number of esters is 2. The highest BCUT2D eigenvalue weighted by Gasteiger charge is 2.16. The smallest absolute Gasteiger partial charge is 0.354 e. The lowest BCUT2D eigenvalue weighted by Crippen LogP contribution is -2.16. The van der Waals surface area contributed by atoms with E-state index < -0.39 is 11.9 Å². The summed E-state index contributed by atoms with van der Waals surface area (Å²) >= 11 is 3.31. The summed E-state index contributed by atoms with van der Waals surface area (Å²) in [5, 5.41) is 12.5. The van der Waals surface area contributed by atoms with E-state index in [9.17, 15) is 14.7 Å².